The molecule has 0 amide bonds. The highest BCUT2D eigenvalue weighted by Crippen LogP contribution is 2.26. The lowest BCUT2D eigenvalue weighted by Gasteiger charge is -2.15. The predicted octanol–water partition coefficient (Wildman–Crippen LogP) is 3.79. The fourth-order valence-electron chi connectivity index (χ4n) is 2.18. The van der Waals surface area contributed by atoms with Gasteiger partial charge in [-0.15, -0.1) is 0 Å². The second kappa shape index (κ2) is 6.89. The Balaban J connectivity index is 2.02. The molecule has 0 heterocycles. The summed E-state index contributed by atoms with van der Waals surface area (Å²) in [4.78, 5) is 0. The summed E-state index contributed by atoms with van der Waals surface area (Å²) in [7, 11) is 0. The maximum absolute atomic E-state index is 13.1. The highest BCUT2D eigenvalue weighted by molar-refractivity contribution is 5.22. The molecule has 2 atom stereocenters. The van der Waals surface area contributed by atoms with Crippen LogP contribution in [-0.2, 0) is 0 Å². The van der Waals surface area contributed by atoms with Crippen LogP contribution in [0.25, 0.3) is 0 Å². The van der Waals surface area contributed by atoms with Crippen LogP contribution >= 0.6 is 0 Å². The molecule has 2 nitrogen and oxygen atoms in total. The lowest BCUT2D eigenvalue weighted by atomic mass is 9.99. The van der Waals surface area contributed by atoms with Crippen molar-refractivity contribution in [3.63, 3.8) is 0 Å². The SMILES string of the molecule is OC(CCC(O)c1cc(F)cc(F)c1)c1cc(F)cc(F)c1. The first-order valence-electron chi connectivity index (χ1n) is 6.63. The highest BCUT2D eigenvalue weighted by atomic mass is 19.1. The first-order chi connectivity index (χ1) is 10.3. The van der Waals surface area contributed by atoms with Crippen LogP contribution in [-0.4, -0.2) is 10.2 Å². The molecule has 0 aliphatic heterocycles. The zero-order chi connectivity index (χ0) is 16.3. The van der Waals surface area contributed by atoms with Gasteiger partial charge in [-0.2, -0.15) is 0 Å². The van der Waals surface area contributed by atoms with Crippen molar-refractivity contribution in [1.29, 1.82) is 0 Å². The summed E-state index contributed by atoms with van der Waals surface area (Å²) >= 11 is 0. The lowest BCUT2D eigenvalue weighted by molar-refractivity contribution is 0.114. The molecule has 0 bridgehead atoms. The highest BCUT2D eigenvalue weighted by Gasteiger charge is 2.15. The zero-order valence-electron chi connectivity index (χ0n) is 11.4. The van der Waals surface area contributed by atoms with E-state index in [4.69, 9.17) is 0 Å². The van der Waals surface area contributed by atoms with Gasteiger partial charge in [0, 0.05) is 12.1 Å². The second-order valence-corrected chi connectivity index (χ2v) is 5.01. The van der Waals surface area contributed by atoms with Gasteiger partial charge >= 0.3 is 0 Å². The molecule has 0 aromatic heterocycles. The van der Waals surface area contributed by atoms with Crippen LogP contribution < -0.4 is 0 Å². The van der Waals surface area contributed by atoms with Crippen LogP contribution in [0.5, 0.6) is 0 Å². The Bertz CT molecular complexity index is 563. The number of aliphatic hydroxyl groups is 2. The summed E-state index contributed by atoms with van der Waals surface area (Å²) in [5.41, 5.74) is 0.0743. The van der Waals surface area contributed by atoms with Crippen molar-refractivity contribution in [1.82, 2.24) is 0 Å². The average Bonchev–Trinajstić information content (AvgIpc) is 2.42. The van der Waals surface area contributed by atoms with E-state index in [-0.39, 0.29) is 24.0 Å². The first kappa shape index (κ1) is 16.5. The van der Waals surface area contributed by atoms with Gasteiger partial charge < -0.3 is 10.2 Å². The minimum atomic E-state index is -1.20. The fraction of sp³-hybridized carbons (Fsp3) is 0.250. The molecule has 0 spiro atoms. The summed E-state index contributed by atoms with van der Waals surface area (Å²) in [5.74, 6) is -3.27. The van der Waals surface area contributed by atoms with Gasteiger partial charge in [0.2, 0.25) is 0 Å². The lowest BCUT2D eigenvalue weighted by Crippen LogP contribution is -2.04. The Hall–Kier alpha value is -1.92. The van der Waals surface area contributed by atoms with E-state index < -0.39 is 35.5 Å². The van der Waals surface area contributed by atoms with Gasteiger partial charge in [-0.05, 0) is 48.2 Å². The van der Waals surface area contributed by atoms with Crippen LogP contribution in [0.4, 0.5) is 17.6 Å². The second-order valence-electron chi connectivity index (χ2n) is 5.01. The first-order valence-corrected chi connectivity index (χ1v) is 6.63. The van der Waals surface area contributed by atoms with Crippen molar-refractivity contribution in [3.05, 3.63) is 70.8 Å². The van der Waals surface area contributed by atoms with E-state index in [1.165, 1.54) is 0 Å². The van der Waals surface area contributed by atoms with E-state index >= 15 is 0 Å². The Morgan fingerprint density at radius 2 is 0.864 bits per heavy atom. The van der Waals surface area contributed by atoms with Gasteiger partial charge in [0.25, 0.3) is 0 Å². The number of halogens is 4. The summed E-state index contributed by atoms with van der Waals surface area (Å²) < 4.78 is 52.2. The molecule has 0 aliphatic carbocycles. The zero-order valence-corrected chi connectivity index (χ0v) is 11.4. The number of rotatable bonds is 5. The molecule has 22 heavy (non-hydrogen) atoms. The minimum Gasteiger partial charge on any atom is -0.388 e. The topological polar surface area (TPSA) is 40.5 Å². The third-order valence-electron chi connectivity index (χ3n) is 3.25. The number of benzene rings is 2. The van der Waals surface area contributed by atoms with Crippen LogP contribution in [0.15, 0.2) is 36.4 Å². The largest absolute Gasteiger partial charge is 0.388 e. The molecular weight excluding hydrogens is 300 g/mol. The molecule has 0 aliphatic rings. The van der Waals surface area contributed by atoms with Gasteiger partial charge in [0.05, 0.1) is 12.2 Å². The molecule has 0 saturated heterocycles. The average molecular weight is 314 g/mol. The molecule has 0 radical (unpaired) electrons. The van der Waals surface area contributed by atoms with Gasteiger partial charge in [-0.3, -0.25) is 0 Å². The van der Waals surface area contributed by atoms with Crippen molar-refractivity contribution in [2.45, 2.75) is 25.0 Å². The number of hydrogen-bond acceptors (Lipinski definition) is 2. The Morgan fingerprint density at radius 3 is 1.14 bits per heavy atom. The van der Waals surface area contributed by atoms with Crippen LogP contribution in [0.1, 0.15) is 36.2 Å². The van der Waals surface area contributed by atoms with E-state index in [2.05, 4.69) is 0 Å². The van der Waals surface area contributed by atoms with Crippen molar-refractivity contribution >= 4 is 0 Å². The number of aliphatic hydroxyl groups excluding tert-OH is 2. The van der Waals surface area contributed by atoms with Gasteiger partial charge in [0.1, 0.15) is 23.3 Å². The standard InChI is InChI=1S/C16H14F4O2/c17-11-3-9(4-12(18)7-11)15(21)1-2-16(22)10-5-13(19)8-14(20)6-10/h3-8,15-16,21-22H,1-2H2. The molecular formula is C16H14F4O2. The maximum Gasteiger partial charge on any atom is 0.126 e. The molecule has 2 rings (SSSR count). The van der Waals surface area contributed by atoms with Crippen molar-refractivity contribution < 1.29 is 27.8 Å². The number of hydrogen-bond donors (Lipinski definition) is 2. The fourth-order valence-corrected chi connectivity index (χ4v) is 2.18. The molecule has 118 valence electrons. The molecule has 0 saturated carbocycles. The molecule has 2 aromatic carbocycles. The van der Waals surface area contributed by atoms with Crippen molar-refractivity contribution in [3.8, 4) is 0 Å². The summed E-state index contributed by atoms with van der Waals surface area (Å²) in [6.45, 7) is 0. The predicted molar refractivity (Wildman–Crippen MR) is 71.9 cm³/mol. The monoisotopic (exact) mass is 314 g/mol. The third kappa shape index (κ3) is 4.29. The molecule has 6 heteroatoms. The van der Waals surface area contributed by atoms with E-state index in [0.29, 0.717) is 12.1 Å². The molecule has 2 N–H and O–H groups in total. The quantitative estimate of drug-likeness (QED) is 0.824. The van der Waals surface area contributed by atoms with Crippen LogP contribution in [0.2, 0.25) is 0 Å². The Kier molecular flexibility index (Phi) is 5.15. The van der Waals surface area contributed by atoms with Gasteiger partial charge in [-0.25, -0.2) is 17.6 Å². The van der Waals surface area contributed by atoms with E-state index in [9.17, 15) is 27.8 Å². The minimum absolute atomic E-state index is 0.0256. The smallest absolute Gasteiger partial charge is 0.126 e. The van der Waals surface area contributed by atoms with E-state index in [0.717, 1.165) is 24.3 Å². The van der Waals surface area contributed by atoms with Gasteiger partial charge in [0.15, 0.2) is 0 Å². The van der Waals surface area contributed by atoms with Crippen molar-refractivity contribution in [2.75, 3.05) is 0 Å². The summed E-state index contributed by atoms with van der Waals surface area (Å²) in [6, 6.07) is 5.31. The molecule has 0 fully saturated rings. The van der Waals surface area contributed by atoms with Gasteiger partial charge in [-0.1, -0.05) is 0 Å². The van der Waals surface area contributed by atoms with Crippen LogP contribution in [0.3, 0.4) is 0 Å². The Morgan fingerprint density at radius 1 is 0.591 bits per heavy atom. The maximum atomic E-state index is 13.1. The normalized spacial score (nSPS) is 13.9. The summed E-state index contributed by atoms with van der Waals surface area (Å²) in [5, 5.41) is 19.8. The third-order valence-corrected chi connectivity index (χ3v) is 3.25. The van der Waals surface area contributed by atoms with E-state index in [1.54, 1.807) is 0 Å². The van der Waals surface area contributed by atoms with E-state index in [1.807, 2.05) is 0 Å². The molecule has 2 aromatic rings. The summed E-state index contributed by atoms with van der Waals surface area (Å²) in [6.07, 6.45) is -2.44. The van der Waals surface area contributed by atoms with Crippen LogP contribution in [0, 0.1) is 23.3 Å². The molecule has 2 unspecified atom stereocenters. The van der Waals surface area contributed by atoms with Crippen molar-refractivity contribution in [2.24, 2.45) is 0 Å². The Labute approximate surface area is 124 Å².